The highest BCUT2D eigenvalue weighted by Crippen LogP contribution is 2.04. The summed E-state index contributed by atoms with van der Waals surface area (Å²) in [6.45, 7) is 0.620. The number of urea groups is 1. The molecule has 0 aromatic heterocycles. The molecule has 0 aliphatic carbocycles. The summed E-state index contributed by atoms with van der Waals surface area (Å²) in [7, 11) is 3.26. The van der Waals surface area contributed by atoms with Crippen molar-refractivity contribution in [1.82, 2.24) is 15.5 Å². The highest BCUT2D eigenvalue weighted by atomic mass is 16.4. The molecule has 0 radical (unpaired) electrons. The van der Waals surface area contributed by atoms with Gasteiger partial charge in [-0.3, -0.25) is 4.79 Å². The molecule has 0 aliphatic heterocycles. The van der Waals surface area contributed by atoms with E-state index in [0.717, 1.165) is 0 Å². The fourth-order valence-electron chi connectivity index (χ4n) is 1.48. The van der Waals surface area contributed by atoms with Crippen molar-refractivity contribution in [1.29, 1.82) is 0 Å². The minimum Gasteiger partial charge on any atom is -0.409 e. The van der Waals surface area contributed by atoms with Gasteiger partial charge in [0.15, 0.2) is 5.84 Å². The maximum absolute atomic E-state index is 11.9. The van der Waals surface area contributed by atoms with Crippen LogP contribution < -0.4 is 16.4 Å². The predicted molar refractivity (Wildman–Crippen MR) is 78.4 cm³/mol. The summed E-state index contributed by atoms with van der Waals surface area (Å²) in [5.41, 5.74) is 6.30. The molecule has 0 aliphatic rings. The average molecular weight is 293 g/mol. The Labute approximate surface area is 122 Å². The zero-order valence-corrected chi connectivity index (χ0v) is 12.0. The lowest BCUT2D eigenvalue weighted by Gasteiger charge is -2.12. The number of carbonyl (C=O) groups excluding carboxylic acids is 2. The van der Waals surface area contributed by atoms with E-state index in [1.54, 1.807) is 32.3 Å². The summed E-state index contributed by atoms with van der Waals surface area (Å²) in [4.78, 5) is 24.6. The number of nitrogens with two attached hydrogens (primary N) is 1. The fraction of sp³-hybridized carbons (Fsp3) is 0.308. The maximum atomic E-state index is 11.9. The second-order valence-corrected chi connectivity index (χ2v) is 4.45. The summed E-state index contributed by atoms with van der Waals surface area (Å²) in [6.07, 6.45) is 0. The Bertz CT molecular complexity index is 542. The molecule has 0 fully saturated rings. The molecule has 0 unspecified atom stereocenters. The van der Waals surface area contributed by atoms with Crippen molar-refractivity contribution >= 4 is 17.8 Å². The van der Waals surface area contributed by atoms with Crippen molar-refractivity contribution in [2.75, 3.05) is 27.2 Å². The van der Waals surface area contributed by atoms with Gasteiger partial charge in [0.1, 0.15) is 0 Å². The first kappa shape index (κ1) is 16.3. The predicted octanol–water partition coefficient (Wildman–Crippen LogP) is -0.218. The number of carbonyl (C=O) groups is 2. The van der Waals surface area contributed by atoms with Crippen LogP contribution in [-0.4, -0.2) is 55.1 Å². The normalized spacial score (nSPS) is 10.9. The molecular weight excluding hydrogens is 274 g/mol. The van der Waals surface area contributed by atoms with E-state index in [4.69, 9.17) is 10.9 Å². The highest BCUT2D eigenvalue weighted by Gasteiger charge is 2.08. The van der Waals surface area contributed by atoms with E-state index in [0.29, 0.717) is 24.2 Å². The SMILES string of the molecule is CN(C)C(=O)NCCNC(=O)c1cccc(/C(N)=N/O)c1. The van der Waals surface area contributed by atoms with Gasteiger partial charge in [0, 0.05) is 38.3 Å². The van der Waals surface area contributed by atoms with Crippen LogP contribution in [0.3, 0.4) is 0 Å². The molecule has 1 aromatic rings. The number of rotatable bonds is 5. The lowest BCUT2D eigenvalue weighted by molar-refractivity contribution is 0.0953. The minimum atomic E-state index is -0.304. The quantitative estimate of drug-likeness (QED) is 0.197. The standard InChI is InChI=1S/C13H19N5O3/c1-18(2)13(20)16-7-6-15-12(19)10-5-3-4-9(8-10)11(14)17-21/h3-5,8,21H,6-7H2,1-2H3,(H2,14,17)(H,15,19)(H,16,20). The van der Waals surface area contributed by atoms with Gasteiger partial charge in [-0.05, 0) is 12.1 Å². The van der Waals surface area contributed by atoms with Crippen molar-refractivity contribution in [2.24, 2.45) is 10.9 Å². The molecule has 3 amide bonds. The van der Waals surface area contributed by atoms with Crippen LogP contribution in [0.15, 0.2) is 29.4 Å². The number of hydrogen-bond acceptors (Lipinski definition) is 4. The van der Waals surface area contributed by atoms with Crippen molar-refractivity contribution < 1.29 is 14.8 Å². The lowest BCUT2D eigenvalue weighted by atomic mass is 10.1. The third-order valence-electron chi connectivity index (χ3n) is 2.62. The molecule has 0 spiro atoms. The van der Waals surface area contributed by atoms with E-state index in [1.807, 2.05) is 0 Å². The molecular formula is C13H19N5O3. The molecule has 8 nitrogen and oxygen atoms in total. The fourth-order valence-corrected chi connectivity index (χ4v) is 1.48. The summed E-state index contributed by atoms with van der Waals surface area (Å²) in [6, 6.07) is 6.17. The molecule has 0 saturated heterocycles. The number of oxime groups is 1. The number of amidine groups is 1. The van der Waals surface area contributed by atoms with Crippen LogP contribution in [0.2, 0.25) is 0 Å². The van der Waals surface area contributed by atoms with Gasteiger partial charge < -0.3 is 26.5 Å². The van der Waals surface area contributed by atoms with Gasteiger partial charge in [-0.2, -0.15) is 0 Å². The van der Waals surface area contributed by atoms with Gasteiger partial charge in [-0.15, -0.1) is 0 Å². The molecule has 0 bridgehead atoms. The summed E-state index contributed by atoms with van der Waals surface area (Å²) in [5, 5.41) is 16.8. The van der Waals surface area contributed by atoms with E-state index in [9.17, 15) is 9.59 Å². The van der Waals surface area contributed by atoms with E-state index < -0.39 is 0 Å². The molecule has 0 saturated carbocycles. The molecule has 8 heteroatoms. The first-order valence-corrected chi connectivity index (χ1v) is 6.27. The van der Waals surface area contributed by atoms with Crippen molar-refractivity contribution in [2.45, 2.75) is 0 Å². The number of nitrogens with zero attached hydrogens (tertiary/aromatic N) is 2. The van der Waals surface area contributed by atoms with Crippen LogP contribution >= 0.6 is 0 Å². The largest absolute Gasteiger partial charge is 0.409 e. The number of amides is 3. The summed E-state index contributed by atoms with van der Waals surface area (Å²) in [5.74, 6) is -0.371. The molecule has 1 aromatic carbocycles. The second kappa shape index (κ2) is 7.73. The van der Waals surface area contributed by atoms with Gasteiger partial charge in [0.25, 0.3) is 5.91 Å². The Hall–Kier alpha value is -2.77. The van der Waals surface area contributed by atoms with Gasteiger partial charge in [-0.1, -0.05) is 17.3 Å². The zero-order chi connectivity index (χ0) is 15.8. The third-order valence-corrected chi connectivity index (χ3v) is 2.62. The summed E-state index contributed by atoms with van der Waals surface area (Å²) >= 11 is 0. The minimum absolute atomic E-state index is 0.0668. The first-order chi connectivity index (χ1) is 9.95. The van der Waals surface area contributed by atoms with Crippen LogP contribution in [0.5, 0.6) is 0 Å². The molecule has 21 heavy (non-hydrogen) atoms. The molecule has 114 valence electrons. The monoisotopic (exact) mass is 293 g/mol. The number of hydrogen-bond donors (Lipinski definition) is 4. The third kappa shape index (κ3) is 5.01. The summed E-state index contributed by atoms with van der Waals surface area (Å²) < 4.78 is 0. The van der Waals surface area contributed by atoms with E-state index in [1.165, 1.54) is 11.0 Å². The van der Waals surface area contributed by atoms with Gasteiger partial charge >= 0.3 is 6.03 Å². The van der Waals surface area contributed by atoms with Gasteiger partial charge in [0.2, 0.25) is 0 Å². The maximum Gasteiger partial charge on any atom is 0.316 e. The zero-order valence-electron chi connectivity index (χ0n) is 12.0. The molecule has 5 N–H and O–H groups in total. The molecule has 0 heterocycles. The smallest absolute Gasteiger partial charge is 0.316 e. The van der Waals surface area contributed by atoms with Crippen LogP contribution in [-0.2, 0) is 0 Å². The van der Waals surface area contributed by atoms with Crippen molar-refractivity contribution in [3.8, 4) is 0 Å². The Morgan fingerprint density at radius 1 is 1.24 bits per heavy atom. The number of benzene rings is 1. The Balaban J connectivity index is 2.51. The average Bonchev–Trinajstić information content (AvgIpc) is 2.50. The molecule has 0 atom stereocenters. The number of nitrogens with one attached hydrogen (secondary N) is 2. The highest BCUT2D eigenvalue weighted by molar-refractivity contribution is 6.01. The Morgan fingerprint density at radius 3 is 2.48 bits per heavy atom. The Kier molecular flexibility index (Phi) is 5.99. The van der Waals surface area contributed by atoms with E-state index in [2.05, 4.69) is 15.8 Å². The second-order valence-electron chi connectivity index (χ2n) is 4.45. The van der Waals surface area contributed by atoms with Gasteiger partial charge in [-0.25, -0.2) is 4.79 Å². The van der Waals surface area contributed by atoms with Crippen LogP contribution in [0, 0.1) is 0 Å². The molecule has 1 rings (SSSR count). The first-order valence-electron chi connectivity index (χ1n) is 6.27. The van der Waals surface area contributed by atoms with Crippen LogP contribution in [0.25, 0.3) is 0 Å². The van der Waals surface area contributed by atoms with Gasteiger partial charge in [0.05, 0.1) is 0 Å². The topological polar surface area (TPSA) is 120 Å². The Morgan fingerprint density at radius 2 is 1.86 bits per heavy atom. The van der Waals surface area contributed by atoms with Crippen LogP contribution in [0.1, 0.15) is 15.9 Å². The van der Waals surface area contributed by atoms with Crippen molar-refractivity contribution in [3.63, 3.8) is 0 Å². The lowest BCUT2D eigenvalue weighted by Crippen LogP contribution is -2.39. The van der Waals surface area contributed by atoms with E-state index >= 15 is 0 Å². The van der Waals surface area contributed by atoms with Crippen molar-refractivity contribution in [3.05, 3.63) is 35.4 Å². The van der Waals surface area contributed by atoms with E-state index in [-0.39, 0.29) is 17.8 Å². The van der Waals surface area contributed by atoms with Crippen LogP contribution in [0.4, 0.5) is 4.79 Å².